The van der Waals surface area contributed by atoms with Crippen LogP contribution in [0.1, 0.15) is 65.7 Å². The van der Waals surface area contributed by atoms with Gasteiger partial charge in [0.05, 0.1) is 11.1 Å². The highest BCUT2D eigenvalue weighted by molar-refractivity contribution is 5.98. The Hall–Kier alpha value is -0.980. The fraction of sp³-hybridized carbons (Fsp3) is 0.909. The number of likely N-dealkylation sites (N-methyl/N-ethyl adjacent to an activating group) is 1. The van der Waals surface area contributed by atoms with Crippen LogP contribution >= 0.6 is 0 Å². The molecule has 6 nitrogen and oxygen atoms in total. The van der Waals surface area contributed by atoms with Gasteiger partial charge in [0.2, 0.25) is 0 Å². The molecule has 0 radical (unpaired) electrons. The number of nitrogens with zero attached hydrogens (tertiary/aromatic N) is 1. The standard InChI is InChI=1S/C22H40N2O4/c1-16-13-21(3,27-6)10-9-19(25)17(2)20(26)28-15-22(24(5)14-16)11-7-18(23-4)8-12-22/h16-18,23H,7-15H2,1-6H3/t16?,17?,18?,21-,22?/m0/s1. The van der Waals surface area contributed by atoms with E-state index in [1.807, 2.05) is 7.05 Å². The van der Waals surface area contributed by atoms with E-state index in [1.165, 1.54) is 0 Å². The zero-order valence-corrected chi connectivity index (χ0v) is 18.7. The molecule has 0 aromatic carbocycles. The Labute approximate surface area is 170 Å². The van der Waals surface area contributed by atoms with Crippen LogP contribution in [-0.2, 0) is 19.1 Å². The Bertz CT molecular complexity index is 545. The molecule has 2 rings (SSSR count). The predicted octanol–water partition coefficient (Wildman–Crippen LogP) is 2.79. The normalized spacial score (nSPS) is 39.7. The first-order valence-electron chi connectivity index (χ1n) is 10.8. The smallest absolute Gasteiger partial charge is 0.316 e. The van der Waals surface area contributed by atoms with Gasteiger partial charge in [-0.2, -0.15) is 0 Å². The van der Waals surface area contributed by atoms with Crippen molar-refractivity contribution in [2.24, 2.45) is 11.8 Å². The summed E-state index contributed by atoms with van der Waals surface area (Å²) in [6.07, 6.45) is 5.96. The predicted molar refractivity (Wildman–Crippen MR) is 110 cm³/mol. The van der Waals surface area contributed by atoms with Gasteiger partial charge in [-0.25, -0.2) is 0 Å². The number of cyclic esters (lactones) is 1. The quantitative estimate of drug-likeness (QED) is 0.572. The molecule has 0 aromatic rings. The number of nitrogens with one attached hydrogen (secondary N) is 1. The van der Waals surface area contributed by atoms with E-state index >= 15 is 0 Å². The third-order valence-corrected chi connectivity index (χ3v) is 7.21. The van der Waals surface area contributed by atoms with Gasteiger partial charge in [0.15, 0.2) is 0 Å². The lowest BCUT2D eigenvalue weighted by Crippen LogP contribution is -2.55. The monoisotopic (exact) mass is 396 g/mol. The van der Waals surface area contributed by atoms with Gasteiger partial charge in [-0.1, -0.05) is 6.92 Å². The van der Waals surface area contributed by atoms with Gasteiger partial charge in [0, 0.05) is 26.1 Å². The minimum absolute atomic E-state index is 0.0542. The van der Waals surface area contributed by atoms with Crippen LogP contribution in [0.15, 0.2) is 0 Å². The number of esters is 1. The number of ketones is 1. The van der Waals surface area contributed by atoms with Crippen LogP contribution in [0.5, 0.6) is 0 Å². The molecule has 1 aliphatic carbocycles. The van der Waals surface area contributed by atoms with Crippen molar-refractivity contribution in [1.82, 2.24) is 10.2 Å². The molecule has 1 aliphatic heterocycles. The Morgan fingerprint density at radius 1 is 1.18 bits per heavy atom. The van der Waals surface area contributed by atoms with Crippen molar-refractivity contribution in [3.05, 3.63) is 0 Å². The molecule has 1 heterocycles. The van der Waals surface area contributed by atoms with Crippen molar-refractivity contribution in [2.45, 2.75) is 82.9 Å². The number of rotatable bonds is 2. The summed E-state index contributed by atoms with van der Waals surface area (Å²) < 4.78 is 11.5. The zero-order valence-electron chi connectivity index (χ0n) is 18.7. The molecule has 3 atom stereocenters. The van der Waals surface area contributed by atoms with E-state index < -0.39 is 5.92 Å². The summed E-state index contributed by atoms with van der Waals surface area (Å²) in [7, 11) is 5.89. The molecule has 2 unspecified atom stereocenters. The van der Waals surface area contributed by atoms with Gasteiger partial charge in [-0.05, 0) is 72.4 Å². The van der Waals surface area contributed by atoms with E-state index in [0.717, 1.165) is 38.6 Å². The van der Waals surface area contributed by atoms with Gasteiger partial charge in [0.1, 0.15) is 18.3 Å². The lowest BCUT2D eigenvalue weighted by molar-refractivity contribution is -0.156. The summed E-state index contributed by atoms with van der Waals surface area (Å²) in [4.78, 5) is 27.5. The van der Waals surface area contributed by atoms with Gasteiger partial charge >= 0.3 is 5.97 Å². The van der Waals surface area contributed by atoms with Crippen molar-refractivity contribution >= 4 is 11.8 Å². The topological polar surface area (TPSA) is 67.9 Å². The molecule has 2 aliphatic rings. The van der Waals surface area contributed by atoms with Crippen LogP contribution < -0.4 is 5.32 Å². The van der Waals surface area contributed by atoms with Gasteiger partial charge in [0.25, 0.3) is 0 Å². The van der Waals surface area contributed by atoms with Crippen LogP contribution in [-0.4, -0.2) is 68.2 Å². The van der Waals surface area contributed by atoms with Crippen molar-refractivity contribution < 1.29 is 19.1 Å². The van der Waals surface area contributed by atoms with Gasteiger partial charge in [-0.15, -0.1) is 0 Å². The van der Waals surface area contributed by atoms with E-state index in [4.69, 9.17) is 9.47 Å². The average Bonchev–Trinajstić information content (AvgIpc) is 2.69. The summed E-state index contributed by atoms with van der Waals surface area (Å²) in [5, 5.41) is 3.38. The number of methoxy groups -OCH3 is 1. The number of carbonyl (C=O) groups is 2. The second-order valence-electron chi connectivity index (χ2n) is 9.43. The number of hydrogen-bond acceptors (Lipinski definition) is 6. The lowest BCUT2D eigenvalue weighted by atomic mass is 9.78. The van der Waals surface area contributed by atoms with E-state index in [-0.39, 0.29) is 22.9 Å². The Kier molecular flexibility index (Phi) is 8.06. The minimum atomic E-state index is -0.713. The fourth-order valence-electron chi connectivity index (χ4n) is 4.90. The maximum Gasteiger partial charge on any atom is 0.316 e. The molecule has 0 aromatic heterocycles. The molecular weight excluding hydrogens is 356 g/mol. The van der Waals surface area contributed by atoms with Crippen molar-refractivity contribution in [1.29, 1.82) is 0 Å². The van der Waals surface area contributed by atoms with Crippen LogP contribution in [0, 0.1) is 11.8 Å². The molecule has 28 heavy (non-hydrogen) atoms. The Balaban J connectivity index is 2.25. The van der Waals surface area contributed by atoms with E-state index in [2.05, 4.69) is 31.1 Å². The van der Waals surface area contributed by atoms with Crippen molar-refractivity contribution in [3.8, 4) is 0 Å². The zero-order chi connectivity index (χ0) is 20.9. The summed E-state index contributed by atoms with van der Waals surface area (Å²) >= 11 is 0. The third kappa shape index (κ3) is 5.55. The van der Waals surface area contributed by atoms with Crippen LogP contribution in [0.25, 0.3) is 0 Å². The highest BCUT2D eigenvalue weighted by Gasteiger charge is 2.41. The fourth-order valence-corrected chi connectivity index (χ4v) is 4.90. The number of carbonyl (C=O) groups excluding carboxylic acids is 2. The molecule has 1 saturated heterocycles. The molecule has 6 heteroatoms. The summed E-state index contributed by atoms with van der Waals surface area (Å²) in [6.45, 7) is 7.28. The lowest BCUT2D eigenvalue weighted by Gasteiger charge is -2.47. The molecule has 0 amide bonds. The van der Waals surface area contributed by atoms with Crippen molar-refractivity contribution in [3.63, 3.8) is 0 Å². The maximum absolute atomic E-state index is 12.6. The minimum Gasteiger partial charge on any atom is -0.463 e. The maximum atomic E-state index is 12.6. The molecule has 2 fully saturated rings. The SMILES string of the molecule is CNC1CCC2(CC1)COC(=O)C(C)C(=O)CC[C@](C)(OC)CC(C)CN2C. The largest absolute Gasteiger partial charge is 0.463 e. The summed E-state index contributed by atoms with van der Waals surface area (Å²) in [5.41, 5.74) is -0.512. The molecular formula is C22H40N2O4. The van der Waals surface area contributed by atoms with Crippen molar-refractivity contribution in [2.75, 3.05) is 34.4 Å². The molecule has 1 spiro atoms. The van der Waals surface area contributed by atoms with Gasteiger partial charge in [-0.3, -0.25) is 14.5 Å². The molecule has 162 valence electrons. The second-order valence-corrected chi connectivity index (χ2v) is 9.43. The van der Waals surface area contributed by atoms with Gasteiger partial charge < -0.3 is 14.8 Å². The third-order valence-electron chi connectivity index (χ3n) is 7.21. The molecule has 1 N–H and O–H groups in total. The van der Waals surface area contributed by atoms with Crippen LogP contribution in [0.3, 0.4) is 0 Å². The molecule has 1 saturated carbocycles. The second kappa shape index (κ2) is 9.68. The summed E-state index contributed by atoms with van der Waals surface area (Å²) in [6, 6.07) is 0.522. The molecule has 0 bridgehead atoms. The first-order chi connectivity index (χ1) is 13.1. The number of hydrogen-bond donors (Lipinski definition) is 1. The Morgan fingerprint density at radius 2 is 1.82 bits per heavy atom. The van der Waals surface area contributed by atoms with E-state index in [1.54, 1.807) is 14.0 Å². The van der Waals surface area contributed by atoms with E-state index in [0.29, 0.717) is 31.4 Å². The number of Topliss-reactive ketones (excluding diaryl/α,β-unsaturated/α-hetero) is 1. The summed E-state index contributed by atoms with van der Waals surface area (Å²) in [5.74, 6) is -0.741. The highest BCUT2D eigenvalue weighted by atomic mass is 16.5. The first kappa shape index (κ1) is 23.3. The van der Waals surface area contributed by atoms with E-state index in [9.17, 15) is 9.59 Å². The Morgan fingerprint density at radius 3 is 2.39 bits per heavy atom. The average molecular weight is 397 g/mol. The highest BCUT2D eigenvalue weighted by Crippen LogP contribution is 2.36. The van der Waals surface area contributed by atoms with Crippen LogP contribution in [0.4, 0.5) is 0 Å². The van der Waals surface area contributed by atoms with Crippen LogP contribution in [0.2, 0.25) is 0 Å². The first-order valence-corrected chi connectivity index (χ1v) is 10.8. The number of ether oxygens (including phenoxy) is 2.